The van der Waals surface area contributed by atoms with E-state index >= 15 is 0 Å². The smallest absolute Gasteiger partial charge is 0.255 e. The first-order valence-corrected chi connectivity index (χ1v) is 8.40. The lowest BCUT2D eigenvalue weighted by Crippen LogP contribution is -2.42. The van der Waals surface area contributed by atoms with Gasteiger partial charge in [0, 0.05) is 50.7 Å². The number of carbonyl (C=O) groups excluding carboxylic acids is 1. The molecule has 4 rings (SSSR count). The summed E-state index contributed by atoms with van der Waals surface area (Å²) in [6.45, 7) is 3.64. The third-order valence-electron chi connectivity index (χ3n) is 4.61. The number of pyridine rings is 1. The number of fused-ring (bicyclic) bond motifs is 1. The quantitative estimate of drug-likeness (QED) is 0.905. The van der Waals surface area contributed by atoms with Gasteiger partial charge in [-0.15, -0.1) is 0 Å². The first-order chi connectivity index (χ1) is 11.8. The predicted octanol–water partition coefficient (Wildman–Crippen LogP) is 0.859. The minimum atomic E-state index is -0.0573. The third kappa shape index (κ3) is 2.99. The number of anilines is 1. The van der Waals surface area contributed by atoms with E-state index in [0.29, 0.717) is 18.8 Å². The Kier molecular flexibility index (Phi) is 4.17. The van der Waals surface area contributed by atoms with Crippen molar-refractivity contribution in [2.45, 2.75) is 25.4 Å². The van der Waals surface area contributed by atoms with E-state index in [0.717, 1.165) is 44.1 Å². The van der Waals surface area contributed by atoms with Crippen LogP contribution in [0.5, 0.6) is 0 Å². The van der Waals surface area contributed by atoms with E-state index in [1.165, 1.54) is 0 Å². The van der Waals surface area contributed by atoms with Crippen LogP contribution in [-0.2, 0) is 17.7 Å². The Hall–Kier alpha value is -2.41. The molecule has 2 aliphatic heterocycles. The molecule has 24 heavy (non-hydrogen) atoms. The second-order valence-corrected chi connectivity index (χ2v) is 6.18. The maximum absolute atomic E-state index is 12.8. The van der Waals surface area contributed by atoms with Crippen LogP contribution in [0.15, 0.2) is 30.7 Å². The molecule has 2 aliphatic rings. The average molecular weight is 327 g/mol. The number of ether oxygens (including phenoxy) is 1. The molecule has 0 radical (unpaired) electrons. The van der Waals surface area contributed by atoms with Gasteiger partial charge in [-0.05, 0) is 18.6 Å². The van der Waals surface area contributed by atoms with Crippen molar-refractivity contribution in [3.8, 4) is 0 Å². The van der Waals surface area contributed by atoms with Crippen molar-refractivity contribution in [3.63, 3.8) is 0 Å². The Morgan fingerprint density at radius 3 is 3.00 bits per heavy atom. The summed E-state index contributed by atoms with van der Waals surface area (Å²) >= 11 is 0. The SMILES string of the molecule is O=C(N[C@H]1CCc2nccn2C1)c1cccnc1N1CCOCC1. The van der Waals surface area contributed by atoms with Crippen molar-refractivity contribution in [1.29, 1.82) is 0 Å². The van der Waals surface area contributed by atoms with Crippen molar-refractivity contribution in [2.75, 3.05) is 31.2 Å². The van der Waals surface area contributed by atoms with Crippen LogP contribution in [-0.4, -0.2) is 52.8 Å². The Labute approximate surface area is 140 Å². The van der Waals surface area contributed by atoms with Gasteiger partial charge < -0.3 is 19.5 Å². The largest absolute Gasteiger partial charge is 0.378 e. The second kappa shape index (κ2) is 6.60. The number of rotatable bonds is 3. The van der Waals surface area contributed by atoms with Crippen LogP contribution in [0.4, 0.5) is 5.82 Å². The molecule has 0 spiro atoms. The average Bonchev–Trinajstić information content (AvgIpc) is 3.10. The number of hydrogen-bond donors (Lipinski definition) is 1. The summed E-state index contributed by atoms with van der Waals surface area (Å²) in [4.78, 5) is 23.7. The summed E-state index contributed by atoms with van der Waals surface area (Å²) < 4.78 is 7.50. The fourth-order valence-electron chi connectivity index (χ4n) is 3.35. The maximum Gasteiger partial charge on any atom is 0.255 e. The molecular weight excluding hydrogens is 306 g/mol. The van der Waals surface area contributed by atoms with Crippen LogP contribution < -0.4 is 10.2 Å². The van der Waals surface area contributed by atoms with Gasteiger partial charge in [-0.1, -0.05) is 0 Å². The summed E-state index contributed by atoms with van der Waals surface area (Å²) in [5, 5.41) is 3.16. The molecule has 1 atom stereocenters. The number of imidazole rings is 1. The van der Waals surface area contributed by atoms with E-state index in [1.807, 2.05) is 24.5 Å². The van der Waals surface area contributed by atoms with E-state index in [-0.39, 0.29) is 11.9 Å². The number of carbonyl (C=O) groups is 1. The van der Waals surface area contributed by atoms with Crippen LogP contribution in [0, 0.1) is 0 Å². The molecular formula is C17H21N5O2. The van der Waals surface area contributed by atoms with Gasteiger partial charge in [-0.25, -0.2) is 9.97 Å². The molecule has 0 bridgehead atoms. The van der Waals surface area contributed by atoms with Crippen molar-refractivity contribution < 1.29 is 9.53 Å². The van der Waals surface area contributed by atoms with Gasteiger partial charge in [0.05, 0.1) is 18.8 Å². The van der Waals surface area contributed by atoms with E-state index < -0.39 is 0 Å². The molecule has 2 aromatic rings. The highest BCUT2D eigenvalue weighted by molar-refractivity contribution is 5.99. The van der Waals surface area contributed by atoms with E-state index in [2.05, 4.69) is 24.8 Å². The number of morpholine rings is 1. The lowest BCUT2D eigenvalue weighted by molar-refractivity contribution is 0.0925. The van der Waals surface area contributed by atoms with E-state index in [1.54, 1.807) is 6.20 Å². The zero-order valence-corrected chi connectivity index (χ0v) is 13.5. The molecule has 1 amide bonds. The summed E-state index contributed by atoms with van der Waals surface area (Å²) in [7, 11) is 0. The predicted molar refractivity (Wildman–Crippen MR) is 89.1 cm³/mol. The van der Waals surface area contributed by atoms with Crippen LogP contribution in [0.3, 0.4) is 0 Å². The Balaban J connectivity index is 1.49. The van der Waals surface area contributed by atoms with Gasteiger partial charge in [0.2, 0.25) is 0 Å². The molecule has 7 nitrogen and oxygen atoms in total. The van der Waals surface area contributed by atoms with Gasteiger partial charge in [0.25, 0.3) is 5.91 Å². The number of amides is 1. The molecule has 2 aromatic heterocycles. The molecule has 1 N–H and O–H groups in total. The summed E-state index contributed by atoms with van der Waals surface area (Å²) in [6, 6.07) is 3.78. The van der Waals surface area contributed by atoms with Crippen LogP contribution >= 0.6 is 0 Å². The fraction of sp³-hybridized carbons (Fsp3) is 0.471. The molecule has 4 heterocycles. The normalized spacial score (nSPS) is 20.5. The maximum atomic E-state index is 12.8. The van der Waals surface area contributed by atoms with Crippen LogP contribution in [0.25, 0.3) is 0 Å². The van der Waals surface area contributed by atoms with Crippen molar-refractivity contribution in [3.05, 3.63) is 42.1 Å². The van der Waals surface area contributed by atoms with Crippen LogP contribution in [0.2, 0.25) is 0 Å². The Morgan fingerprint density at radius 2 is 2.12 bits per heavy atom. The fourth-order valence-corrected chi connectivity index (χ4v) is 3.35. The highest BCUT2D eigenvalue weighted by Crippen LogP contribution is 2.20. The molecule has 0 aromatic carbocycles. The van der Waals surface area contributed by atoms with E-state index in [4.69, 9.17) is 4.74 Å². The van der Waals surface area contributed by atoms with Gasteiger partial charge in [-0.3, -0.25) is 4.79 Å². The number of aryl methyl sites for hydroxylation is 1. The van der Waals surface area contributed by atoms with Crippen molar-refractivity contribution >= 4 is 11.7 Å². The second-order valence-electron chi connectivity index (χ2n) is 6.18. The Bertz CT molecular complexity index is 723. The summed E-state index contributed by atoms with van der Waals surface area (Å²) in [5.41, 5.74) is 0.635. The highest BCUT2D eigenvalue weighted by Gasteiger charge is 2.24. The summed E-state index contributed by atoms with van der Waals surface area (Å²) in [5.74, 6) is 1.78. The molecule has 1 saturated heterocycles. The topological polar surface area (TPSA) is 72.3 Å². The van der Waals surface area contributed by atoms with Crippen molar-refractivity contribution in [1.82, 2.24) is 19.9 Å². The summed E-state index contributed by atoms with van der Waals surface area (Å²) in [6.07, 6.45) is 7.32. The monoisotopic (exact) mass is 327 g/mol. The third-order valence-corrected chi connectivity index (χ3v) is 4.61. The van der Waals surface area contributed by atoms with Gasteiger partial charge >= 0.3 is 0 Å². The lowest BCUT2D eigenvalue weighted by atomic mass is 10.1. The standard InChI is InChI=1S/C17H21N5O2/c23-17(20-13-3-4-15-18-6-7-22(15)12-13)14-2-1-5-19-16(14)21-8-10-24-11-9-21/h1-2,5-7,13H,3-4,8-12H2,(H,20,23)/t13-/m0/s1. The first kappa shape index (κ1) is 15.1. The molecule has 1 fully saturated rings. The van der Waals surface area contributed by atoms with Gasteiger partial charge in [0.15, 0.2) is 0 Å². The number of aromatic nitrogens is 3. The minimum Gasteiger partial charge on any atom is -0.378 e. The highest BCUT2D eigenvalue weighted by atomic mass is 16.5. The Morgan fingerprint density at radius 1 is 1.25 bits per heavy atom. The molecule has 0 unspecified atom stereocenters. The molecule has 126 valence electrons. The lowest BCUT2D eigenvalue weighted by Gasteiger charge is -2.30. The minimum absolute atomic E-state index is 0.0573. The number of nitrogens with zero attached hydrogens (tertiary/aromatic N) is 4. The van der Waals surface area contributed by atoms with E-state index in [9.17, 15) is 4.79 Å². The number of hydrogen-bond acceptors (Lipinski definition) is 5. The first-order valence-electron chi connectivity index (χ1n) is 8.40. The van der Waals surface area contributed by atoms with Gasteiger partial charge in [-0.2, -0.15) is 0 Å². The number of nitrogens with one attached hydrogen (secondary N) is 1. The zero-order valence-electron chi connectivity index (χ0n) is 13.5. The molecule has 0 aliphatic carbocycles. The van der Waals surface area contributed by atoms with Crippen LogP contribution in [0.1, 0.15) is 22.6 Å². The molecule has 0 saturated carbocycles. The molecule has 7 heteroatoms. The zero-order chi connectivity index (χ0) is 16.4. The van der Waals surface area contributed by atoms with Gasteiger partial charge in [0.1, 0.15) is 11.6 Å². The van der Waals surface area contributed by atoms with Crippen molar-refractivity contribution in [2.24, 2.45) is 0 Å².